The lowest BCUT2D eigenvalue weighted by molar-refractivity contribution is -0.385. The second kappa shape index (κ2) is 9.25. The highest BCUT2D eigenvalue weighted by atomic mass is 16.6. The molecule has 1 N–H and O–H groups in total. The molecule has 0 radical (unpaired) electrons. The topological polar surface area (TPSA) is 131 Å². The smallest absolute Gasteiger partial charge is 0.286 e. The number of aromatic nitrogens is 2. The average molecular weight is 453 g/mol. The van der Waals surface area contributed by atoms with Crippen molar-refractivity contribution in [1.82, 2.24) is 19.8 Å². The van der Waals surface area contributed by atoms with Crippen LogP contribution < -0.4 is 15.0 Å². The summed E-state index contributed by atoms with van der Waals surface area (Å²) in [7, 11) is 2.78. The van der Waals surface area contributed by atoms with E-state index in [4.69, 9.17) is 9.47 Å². The van der Waals surface area contributed by atoms with E-state index >= 15 is 0 Å². The van der Waals surface area contributed by atoms with Crippen LogP contribution in [0, 0.1) is 10.1 Å². The molecule has 0 saturated carbocycles. The minimum atomic E-state index is -0.604. The Morgan fingerprint density at radius 3 is 2.45 bits per heavy atom. The van der Waals surface area contributed by atoms with Gasteiger partial charge in [-0.05, 0) is 12.1 Å². The van der Waals surface area contributed by atoms with Crippen LogP contribution in [0.25, 0.3) is 10.9 Å². The number of hydrogen-bond donors (Lipinski definition) is 1. The van der Waals surface area contributed by atoms with Gasteiger partial charge in [0.2, 0.25) is 0 Å². The molecule has 1 amide bonds. The van der Waals surface area contributed by atoms with Crippen molar-refractivity contribution in [3.63, 3.8) is 0 Å². The molecule has 2 heterocycles. The van der Waals surface area contributed by atoms with E-state index in [2.05, 4.69) is 14.9 Å². The molecule has 1 aromatic heterocycles. The van der Waals surface area contributed by atoms with Crippen LogP contribution >= 0.6 is 0 Å². The number of methoxy groups -OCH3 is 2. The fourth-order valence-corrected chi connectivity index (χ4v) is 3.89. The number of carbonyl (C=O) groups is 1. The lowest BCUT2D eigenvalue weighted by Crippen LogP contribution is -2.48. The zero-order chi connectivity index (χ0) is 23.5. The summed E-state index contributed by atoms with van der Waals surface area (Å²) in [6.07, 6.45) is 0. The maximum Gasteiger partial charge on any atom is 0.286 e. The summed E-state index contributed by atoms with van der Waals surface area (Å²) in [6, 6.07) is 9.68. The number of piperazine rings is 1. The van der Waals surface area contributed by atoms with Crippen LogP contribution in [-0.4, -0.2) is 71.0 Å². The number of nitrogens with one attached hydrogen (secondary N) is 1. The van der Waals surface area contributed by atoms with Crippen molar-refractivity contribution in [2.75, 3.05) is 40.4 Å². The highest BCUT2D eigenvalue weighted by Crippen LogP contribution is 2.35. The van der Waals surface area contributed by atoms with E-state index in [0.717, 1.165) is 0 Å². The Morgan fingerprint density at radius 2 is 1.79 bits per heavy atom. The van der Waals surface area contributed by atoms with Gasteiger partial charge in [0.25, 0.3) is 17.2 Å². The molecule has 1 aliphatic rings. The van der Waals surface area contributed by atoms with E-state index in [1.807, 2.05) is 6.07 Å². The van der Waals surface area contributed by atoms with Crippen LogP contribution in [0.5, 0.6) is 11.5 Å². The number of carbonyl (C=O) groups excluding carboxylic acids is 1. The second-order valence-electron chi connectivity index (χ2n) is 7.58. The molecule has 0 unspecified atom stereocenters. The third-order valence-corrected chi connectivity index (χ3v) is 5.62. The number of ether oxygens (including phenoxy) is 2. The Hall–Kier alpha value is -3.99. The summed E-state index contributed by atoms with van der Waals surface area (Å²) in [4.78, 5) is 47.3. The molecule has 2 aromatic carbocycles. The van der Waals surface area contributed by atoms with Crippen molar-refractivity contribution in [3.05, 3.63) is 68.3 Å². The number of H-pyrrole nitrogens is 1. The Bertz CT molecular complexity index is 1270. The molecule has 4 rings (SSSR count). The van der Waals surface area contributed by atoms with Gasteiger partial charge in [-0.3, -0.25) is 24.6 Å². The van der Waals surface area contributed by atoms with Gasteiger partial charge in [-0.15, -0.1) is 0 Å². The molecule has 0 spiro atoms. The molecular formula is C22H23N5O6. The molecule has 3 aromatic rings. The molecule has 1 saturated heterocycles. The van der Waals surface area contributed by atoms with Crippen LogP contribution in [0.3, 0.4) is 0 Å². The number of amides is 1. The van der Waals surface area contributed by atoms with Gasteiger partial charge in [0.05, 0.1) is 42.7 Å². The van der Waals surface area contributed by atoms with Crippen molar-refractivity contribution in [2.45, 2.75) is 6.54 Å². The summed E-state index contributed by atoms with van der Waals surface area (Å²) in [5.41, 5.74) is 0.0562. The first-order chi connectivity index (χ1) is 15.9. The van der Waals surface area contributed by atoms with Gasteiger partial charge in [0.1, 0.15) is 11.4 Å². The lowest BCUT2D eigenvalue weighted by atomic mass is 10.1. The lowest BCUT2D eigenvalue weighted by Gasteiger charge is -2.34. The van der Waals surface area contributed by atoms with Crippen LogP contribution in [0.2, 0.25) is 0 Å². The summed E-state index contributed by atoms with van der Waals surface area (Å²) in [6.45, 7) is 2.25. The van der Waals surface area contributed by atoms with E-state index in [9.17, 15) is 19.7 Å². The number of para-hydroxylation sites is 1. The van der Waals surface area contributed by atoms with Crippen LogP contribution in [0.1, 0.15) is 16.2 Å². The number of benzene rings is 2. The largest absolute Gasteiger partial charge is 0.493 e. The molecule has 0 atom stereocenters. The van der Waals surface area contributed by atoms with Gasteiger partial charge in [0, 0.05) is 32.2 Å². The van der Waals surface area contributed by atoms with E-state index < -0.39 is 10.8 Å². The predicted octanol–water partition coefficient (Wildman–Crippen LogP) is 1.81. The molecule has 1 aliphatic heterocycles. The van der Waals surface area contributed by atoms with E-state index in [1.54, 1.807) is 23.1 Å². The first-order valence-electron chi connectivity index (χ1n) is 10.3. The SMILES string of the molecule is COc1cc(C(=O)N2CCN(Cc3nc4ccccc4c(=O)[nH]3)CC2)c([N+](=O)[O-])cc1OC. The number of rotatable bonds is 6. The summed E-state index contributed by atoms with van der Waals surface area (Å²) < 4.78 is 10.3. The van der Waals surface area contributed by atoms with Gasteiger partial charge in [-0.2, -0.15) is 0 Å². The zero-order valence-electron chi connectivity index (χ0n) is 18.2. The third kappa shape index (κ3) is 4.48. The quantitative estimate of drug-likeness (QED) is 0.442. The van der Waals surface area contributed by atoms with Crippen molar-refractivity contribution < 1.29 is 19.2 Å². The van der Waals surface area contributed by atoms with Gasteiger partial charge in [0.15, 0.2) is 11.5 Å². The van der Waals surface area contributed by atoms with Gasteiger partial charge in [-0.25, -0.2) is 4.98 Å². The number of fused-ring (bicyclic) bond motifs is 1. The Morgan fingerprint density at radius 1 is 1.12 bits per heavy atom. The molecule has 0 bridgehead atoms. The maximum absolute atomic E-state index is 13.1. The number of nitrogens with zero attached hydrogens (tertiary/aromatic N) is 4. The predicted molar refractivity (Wildman–Crippen MR) is 120 cm³/mol. The Balaban J connectivity index is 1.48. The van der Waals surface area contributed by atoms with Gasteiger partial charge < -0.3 is 19.4 Å². The number of hydrogen-bond acceptors (Lipinski definition) is 8. The normalized spacial score (nSPS) is 14.3. The van der Waals surface area contributed by atoms with Crippen molar-refractivity contribution in [2.24, 2.45) is 0 Å². The highest BCUT2D eigenvalue weighted by Gasteiger charge is 2.30. The number of nitro benzene ring substituents is 1. The van der Waals surface area contributed by atoms with Crippen LogP contribution in [0.15, 0.2) is 41.2 Å². The maximum atomic E-state index is 13.1. The molecule has 11 nitrogen and oxygen atoms in total. The second-order valence-corrected chi connectivity index (χ2v) is 7.58. The Labute approximate surface area is 188 Å². The average Bonchev–Trinajstić information content (AvgIpc) is 2.83. The fourth-order valence-electron chi connectivity index (χ4n) is 3.89. The van der Waals surface area contributed by atoms with Crippen molar-refractivity contribution in [1.29, 1.82) is 0 Å². The fraction of sp³-hybridized carbons (Fsp3) is 0.318. The summed E-state index contributed by atoms with van der Waals surface area (Å²) >= 11 is 0. The van der Waals surface area contributed by atoms with Crippen LogP contribution in [-0.2, 0) is 6.54 Å². The van der Waals surface area contributed by atoms with Crippen molar-refractivity contribution in [3.8, 4) is 11.5 Å². The third-order valence-electron chi connectivity index (χ3n) is 5.62. The molecule has 172 valence electrons. The molecule has 0 aliphatic carbocycles. The van der Waals surface area contributed by atoms with E-state index in [-0.39, 0.29) is 28.3 Å². The number of aromatic amines is 1. The van der Waals surface area contributed by atoms with E-state index in [1.165, 1.54) is 26.4 Å². The Kier molecular flexibility index (Phi) is 6.22. The van der Waals surface area contributed by atoms with Gasteiger partial charge >= 0.3 is 0 Å². The zero-order valence-corrected chi connectivity index (χ0v) is 18.2. The van der Waals surface area contributed by atoms with Crippen LogP contribution in [0.4, 0.5) is 5.69 Å². The highest BCUT2D eigenvalue weighted by molar-refractivity contribution is 5.99. The number of nitro groups is 1. The van der Waals surface area contributed by atoms with Crippen molar-refractivity contribution >= 4 is 22.5 Å². The monoisotopic (exact) mass is 453 g/mol. The minimum Gasteiger partial charge on any atom is -0.493 e. The summed E-state index contributed by atoms with van der Waals surface area (Å²) in [5, 5.41) is 12.1. The molecular weight excluding hydrogens is 430 g/mol. The first-order valence-corrected chi connectivity index (χ1v) is 10.3. The first kappa shape index (κ1) is 22.2. The molecule has 11 heteroatoms. The molecule has 1 fully saturated rings. The van der Waals surface area contributed by atoms with Gasteiger partial charge in [-0.1, -0.05) is 12.1 Å². The van der Waals surface area contributed by atoms with E-state index in [0.29, 0.717) is 49.5 Å². The minimum absolute atomic E-state index is 0.0494. The molecule has 33 heavy (non-hydrogen) atoms. The summed E-state index contributed by atoms with van der Waals surface area (Å²) in [5.74, 6) is 0.535. The standard InChI is InChI=1S/C22H23N5O6/c1-32-18-11-15(17(27(30)31)12-19(18)33-2)22(29)26-9-7-25(8-10-26)13-20-23-16-6-4-3-5-14(16)21(28)24-20/h3-6,11-12H,7-10,13H2,1-2H3,(H,23,24,28).